The van der Waals surface area contributed by atoms with Crippen LogP contribution in [0, 0.1) is 0 Å². The number of aliphatic hydroxyl groups is 1. The minimum Gasteiger partial charge on any atom is -0.456 e. The summed E-state index contributed by atoms with van der Waals surface area (Å²) in [7, 11) is 0. The smallest absolute Gasteiger partial charge is 0.296 e. The van der Waals surface area contributed by atoms with E-state index in [9.17, 15) is 5.11 Å². The van der Waals surface area contributed by atoms with Gasteiger partial charge in [-0.15, -0.1) is 0 Å². The van der Waals surface area contributed by atoms with Gasteiger partial charge in [0.15, 0.2) is 11.8 Å². The Morgan fingerprint density at radius 2 is 1.90 bits per heavy atom. The molecule has 0 aliphatic carbocycles. The summed E-state index contributed by atoms with van der Waals surface area (Å²) in [6, 6.07) is 10.4. The van der Waals surface area contributed by atoms with Crippen molar-refractivity contribution in [2.45, 2.75) is 30.8 Å². The molecule has 1 aromatic carbocycles. The first-order chi connectivity index (χ1) is 14.7. The fourth-order valence-corrected chi connectivity index (χ4v) is 4.51. The lowest BCUT2D eigenvalue weighted by Gasteiger charge is -2.33. The Hall–Kier alpha value is -2.39. The van der Waals surface area contributed by atoms with Crippen molar-refractivity contribution in [2.75, 3.05) is 31.2 Å². The quantitative estimate of drug-likeness (QED) is 0.659. The zero-order chi connectivity index (χ0) is 20.2. The van der Waals surface area contributed by atoms with Crippen LogP contribution in [0.15, 0.2) is 30.3 Å². The molecule has 30 heavy (non-hydrogen) atoms. The Labute approximate surface area is 177 Å². The van der Waals surface area contributed by atoms with E-state index in [1.165, 1.54) is 12.1 Å². The van der Waals surface area contributed by atoms with Crippen molar-refractivity contribution in [3.05, 3.63) is 35.4 Å². The van der Waals surface area contributed by atoms with Crippen LogP contribution < -0.4 is 9.64 Å². The molecule has 3 aliphatic rings. The molecule has 3 saturated heterocycles. The van der Waals surface area contributed by atoms with Crippen molar-refractivity contribution < 1.29 is 19.3 Å². The number of hydrogen-bond donors (Lipinski definition) is 2. The summed E-state index contributed by atoms with van der Waals surface area (Å²) in [6.07, 6.45) is -0.356. The standard InChI is InChI=1S/C21H21ClN4O4/c22-13-8-14-20(24-17(13)11-2-4-12(5-3-11)26-6-1-7-26)25-21(23-14)30-16-10-29-18-15(27)9-28-19(16)18/h2-5,8,15-16,18-19,27H,1,6-7,9-10H2,(H,23,24,25). The van der Waals surface area contributed by atoms with Gasteiger partial charge < -0.3 is 29.2 Å². The second-order valence-electron chi connectivity index (χ2n) is 7.94. The lowest BCUT2D eigenvalue weighted by atomic mass is 10.1. The highest BCUT2D eigenvalue weighted by Gasteiger charge is 2.48. The normalized spacial score (nSPS) is 28.0. The van der Waals surface area contributed by atoms with Crippen LogP contribution in [0.4, 0.5) is 5.69 Å². The highest BCUT2D eigenvalue weighted by Crippen LogP contribution is 2.33. The Morgan fingerprint density at radius 3 is 2.67 bits per heavy atom. The van der Waals surface area contributed by atoms with Crippen molar-refractivity contribution >= 4 is 28.5 Å². The maximum absolute atomic E-state index is 9.88. The van der Waals surface area contributed by atoms with Gasteiger partial charge in [0.1, 0.15) is 18.3 Å². The second-order valence-corrected chi connectivity index (χ2v) is 8.35. The summed E-state index contributed by atoms with van der Waals surface area (Å²) in [5, 5.41) is 10.4. The zero-order valence-electron chi connectivity index (χ0n) is 16.1. The number of nitrogens with one attached hydrogen (secondary N) is 1. The van der Waals surface area contributed by atoms with Gasteiger partial charge in [-0.05, 0) is 24.6 Å². The van der Waals surface area contributed by atoms with E-state index in [0.717, 1.165) is 18.7 Å². The molecule has 2 aromatic heterocycles. The number of H-pyrrole nitrogens is 1. The predicted octanol–water partition coefficient (Wildman–Crippen LogP) is 2.39. The number of anilines is 1. The first-order valence-electron chi connectivity index (χ1n) is 10.2. The molecule has 0 amide bonds. The molecule has 156 valence electrons. The van der Waals surface area contributed by atoms with E-state index in [4.69, 9.17) is 25.8 Å². The van der Waals surface area contributed by atoms with Crippen LogP contribution in [0.2, 0.25) is 5.02 Å². The van der Waals surface area contributed by atoms with Gasteiger partial charge in [0, 0.05) is 24.3 Å². The van der Waals surface area contributed by atoms with E-state index in [2.05, 4.69) is 32.0 Å². The lowest BCUT2D eigenvalue weighted by molar-refractivity contribution is 0.00706. The molecule has 0 radical (unpaired) electrons. The largest absolute Gasteiger partial charge is 0.456 e. The molecule has 6 rings (SSSR count). The Kier molecular flexibility index (Phi) is 4.35. The van der Waals surface area contributed by atoms with Crippen LogP contribution in [0.25, 0.3) is 22.4 Å². The summed E-state index contributed by atoms with van der Waals surface area (Å²) >= 11 is 6.52. The summed E-state index contributed by atoms with van der Waals surface area (Å²) in [5.74, 6) is 0. The molecular formula is C21H21ClN4O4. The highest BCUT2D eigenvalue weighted by molar-refractivity contribution is 6.33. The molecule has 3 aromatic rings. The van der Waals surface area contributed by atoms with Crippen LogP contribution in [0.1, 0.15) is 6.42 Å². The molecule has 4 unspecified atom stereocenters. The monoisotopic (exact) mass is 428 g/mol. The van der Waals surface area contributed by atoms with Gasteiger partial charge in [0.25, 0.3) is 6.01 Å². The first kappa shape index (κ1) is 18.4. The zero-order valence-corrected chi connectivity index (χ0v) is 16.9. The van der Waals surface area contributed by atoms with E-state index in [1.54, 1.807) is 0 Å². The average molecular weight is 429 g/mol. The van der Waals surface area contributed by atoms with Gasteiger partial charge in [-0.3, -0.25) is 0 Å². The number of aromatic nitrogens is 3. The van der Waals surface area contributed by atoms with Crippen molar-refractivity contribution in [3.8, 4) is 17.3 Å². The number of aromatic amines is 1. The Morgan fingerprint density at radius 1 is 1.10 bits per heavy atom. The van der Waals surface area contributed by atoms with Crippen molar-refractivity contribution in [2.24, 2.45) is 0 Å². The fraction of sp³-hybridized carbons (Fsp3) is 0.429. The molecule has 9 heteroatoms. The molecule has 4 atom stereocenters. The number of aliphatic hydroxyl groups excluding tert-OH is 1. The minimum atomic E-state index is -0.616. The molecule has 5 heterocycles. The minimum absolute atomic E-state index is 0.256. The van der Waals surface area contributed by atoms with Gasteiger partial charge in [-0.2, -0.15) is 4.98 Å². The van der Waals surface area contributed by atoms with Gasteiger partial charge >= 0.3 is 0 Å². The molecular weight excluding hydrogens is 408 g/mol. The van der Waals surface area contributed by atoms with Crippen LogP contribution in [-0.4, -0.2) is 70.8 Å². The number of hydrogen-bond acceptors (Lipinski definition) is 7. The fourth-order valence-electron chi connectivity index (χ4n) is 4.25. The number of fused-ring (bicyclic) bond motifs is 2. The number of halogens is 1. The maximum atomic E-state index is 9.88. The van der Waals surface area contributed by atoms with Crippen LogP contribution in [0.5, 0.6) is 6.01 Å². The third-order valence-electron chi connectivity index (χ3n) is 6.01. The molecule has 3 fully saturated rings. The Balaban J connectivity index is 1.25. The molecule has 3 aliphatic heterocycles. The van der Waals surface area contributed by atoms with Crippen LogP contribution in [0.3, 0.4) is 0 Å². The maximum Gasteiger partial charge on any atom is 0.296 e. The first-order valence-corrected chi connectivity index (χ1v) is 10.5. The number of rotatable bonds is 4. The molecule has 2 N–H and O–H groups in total. The van der Waals surface area contributed by atoms with Crippen molar-refractivity contribution in [1.82, 2.24) is 15.0 Å². The van der Waals surface area contributed by atoms with E-state index >= 15 is 0 Å². The SMILES string of the molecule is OC1COC2C(Oc3nc4nc(-c5ccc(N6CCC6)cc5)c(Cl)cc4[nH]3)COC12. The van der Waals surface area contributed by atoms with Gasteiger partial charge in [-0.1, -0.05) is 23.7 Å². The third-order valence-corrected chi connectivity index (χ3v) is 6.30. The van der Waals surface area contributed by atoms with E-state index in [0.29, 0.717) is 34.5 Å². The molecule has 0 bridgehead atoms. The Bertz CT molecular complexity index is 1080. The number of imidazole rings is 1. The summed E-state index contributed by atoms with van der Waals surface area (Å²) in [5.41, 5.74) is 4.06. The van der Waals surface area contributed by atoms with Crippen molar-refractivity contribution in [1.29, 1.82) is 0 Å². The average Bonchev–Trinajstić information content (AvgIpc) is 3.38. The lowest BCUT2D eigenvalue weighted by Crippen LogP contribution is -2.36. The second kappa shape index (κ2) is 7.09. The number of pyridine rings is 1. The third kappa shape index (κ3) is 3.02. The number of nitrogens with zero attached hydrogens (tertiary/aromatic N) is 3. The van der Waals surface area contributed by atoms with Crippen LogP contribution in [-0.2, 0) is 9.47 Å². The molecule has 8 nitrogen and oxygen atoms in total. The molecule has 0 saturated carbocycles. The van der Waals surface area contributed by atoms with Gasteiger partial charge in [-0.25, -0.2) is 4.98 Å². The number of benzene rings is 1. The van der Waals surface area contributed by atoms with Crippen LogP contribution >= 0.6 is 11.6 Å². The van der Waals surface area contributed by atoms with Crippen molar-refractivity contribution in [3.63, 3.8) is 0 Å². The number of ether oxygens (including phenoxy) is 3. The van der Waals surface area contributed by atoms with E-state index < -0.39 is 6.10 Å². The van der Waals surface area contributed by atoms with Gasteiger partial charge in [0.2, 0.25) is 0 Å². The predicted molar refractivity (Wildman–Crippen MR) is 111 cm³/mol. The summed E-state index contributed by atoms with van der Waals surface area (Å²) in [6.45, 7) is 2.81. The highest BCUT2D eigenvalue weighted by atomic mass is 35.5. The van der Waals surface area contributed by atoms with Gasteiger partial charge in [0.05, 0.1) is 29.4 Å². The summed E-state index contributed by atoms with van der Waals surface area (Å²) in [4.78, 5) is 14.6. The van der Waals surface area contributed by atoms with E-state index in [-0.39, 0.29) is 24.9 Å². The molecule has 0 spiro atoms. The topological polar surface area (TPSA) is 92.7 Å². The van der Waals surface area contributed by atoms with E-state index in [1.807, 2.05) is 18.2 Å². The summed E-state index contributed by atoms with van der Waals surface area (Å²) < 4.78 is 17.2.